The molecule has 0 radical (unpaired) electrons. The molecular weight excluding hydrogens is 210 g/mol. The van der Waals surface area contributed by atoms with E-state index < -0.39 is 0 Å². The van der Waals surface area contributed by atoms with Crippen LogP contribution in [0.15, 0.2) is 0 Å². The quantitative estimate of drug-likeness (QED) is 0.769. The molecule has 1 rings (SSSR count). The van der Waals surface area contributed by atoms with Gasteiger partial charge in [-0.3, -0.25) is 4.90 Å². The molecule has 1 fully saturated rings. The second kappa shape index (κ2) is 6.72. The topological polar surface area (TPSA) is 32.5 Å². The predicted octanol–water partition coefficient (Wildman–Crippen LogP) is 1.78. The molecule has 0 aliphatic carbocycles. The number of nitrogens with zero attached hydrogens (tertiary/aromatic N) is 2. The van der Waals surface area contributed by atoms with Crippen LogP contribution < -0.4 is 5.73 Å². The van der Waals surface area contributed by atoms with E-state index >= 15 is 0 Å². The van der Waals surface area contributed by atoms with Gasteiger partial charge in [0.15, 0.2) is 0 Å². The third kappa shape index (κ3) is 4.23. The number of hydrogen-bond acceptors (Lipinski definition) is 3. The average molecular weight is 241 g/mol. The molecule has 0 amide bonds. The van der Waals surface area contributed by atoms with E-state index in [0.29, 0.717) is 0 Å². The minimum absolute atomic E-state index is 0.168. The smallest absolute Gasteiger partial charge is 0.0276 e. The van der Waals surface area contributed by atoms with E-state index in [1.165, 1.54) is 45.6 Å². The molecule has 2 N–H and O–H groups in total. The Hall–Kier alpha value is -0.120. The van der Waals surface area contributed by atoms with Gasteiger partial charge in [-0.25, -0.2) is 0 Å². The van der Waals surface area contributed by atoms with Gasteiger partial charge in [0.2, 0.25) is 0 Å². The lowest BCUT2D eigenvalue weighted by atomic mass is 10.0. The van der Waals surface area contributed by atoms with Crippen molar-refractivity contribution >= 4 is 0 Å². The standard InChI is InChI=1S/C14H31N3/c1-5-13(6-2)11-16-7-9-17(10-8-16)14(3,4)12-15/h13H,5-12,15H2,1-4H3. The van der Waals surface area contributed by atoms with Crippen molar-refractivity contribution in [2.45, 2.75) is 46.1 Å². The first-order valence-corrected chi connectivity index (χ1v) is 7.21. The summed E-state index contributed by atoms with van der Waals surface area (Å²) >= 11 is 0. The van der Waals surface area contributed by atoms with E-state index in [2.05, 4.69) is 37.5 Å². The van der Waals surface area contributed by atoms with E-state index in [4.69, 9.17) is 5.73 Å². The van der Waals surface area contributed by atoms with Crippen LogP contribution in [0.25, 0.3) is 0 Å². The van der Waals surface area contributed by atoms with E-state index in [9.17, 15) is 0 Å². The molecule has 1 heterocycles. The normalized spacial score (nSPS) is 20.1. The number of hydrogen-bond donors (Lipinski definition) is 1. The van der Waals surface area contributed by atoms with Gasteiger partial charge < -0.3 is 10.6 Å². The largest absolute Gasteiger partial charge is 0.329 e. The van der Waals surface area contributed by atoms with Gasteiger partial charge in [0.1, 0.15) is 0 Å². The SMILES string of the molecule is CCC(CC)CN1CCN(C(C)(C)CN)CC1. The molecule has 0 aromatic heterocycles. The highest BCUT2D eigenvalue weighted by atomic mass is 15.3. The highest BCUT2D eigenvalue weighted by Gasteiger charge is 2.28. The summed E-state index contributed by atoms with van der Waals surface area (Å²) in [6.07, 6.45) is 2.62. The molecule has 0 aromatic carbocycles. The summed E-state index contributed by atoms with van der Waals surface area (Å²) in [6.45, 7) is 15.9. The molecule has 3 heteroatoms. The van der Waals surface area contributed by atoms with Crippen molar-refractivity contribution in [3.05, 3.63) is 0 Å². The molecular formula is C14H31N3. The van der Waals surface area contributed by atoms with Crippen LogP contribution >= 0.6 is 0 Å². The fraction of sp³-hybridized carbons (Fsp3) is 1.00. The molecule has 0 bridgehead atoms. The fourth-order valence-electron chi connectivity index (χ4n) is 2.58. The van der Waals surface area contributed by atoms with Crippen LogP contribution in [0.5, 0.6) is 0 Å². The van der Waals surface area contributed by atoms with Crippen LogP contribution in [0.3, 0.4) is 0 Å². The summed E-state index contributed by atoms with van der Waals surface area (Å²) in [5.74, 6) is 0.879. The van der Waals surface area contributed by atoms with Crippen molar-refractivity contribution in [1.82, 2.24) is 9.80 Å². The first-order valence-electron chi connectivity index (χ1n) is 7.21. The van der Waals surface area contributed by atoms with Crippen molar-refractivity contribution in [3.63, 3.8) is 0 Å². The second-order valence-electron chi connectivity index (χ2n) is 5.99. The number of rotatable bonds is 6. The summed E-state index contributed by atoms with van der Waals surface area (Å²) in [7, 11) is 0. The molecule has 0 unspecified atom stereocenters. The number of nitrogens with two attached hydrogens (primary N) is 1. The van der Waals surface area contributed by atoms with Gasteiger partial charge in [-0.15, -0.1) is 0 Å². The Morgan fingerprint density at radius 1 is 1.06 bits per heavy atom. The first-order chi connectivity index (χ1) is 8.03. The third-order valence-electron chi connectivity index (χ3n) is 4.40. The molecule has 0 spiro atoms. The van der Waals surface area contributed by atoms with Crippen molar-refractivity contribution in [1.29, 1.82) is 0 Å². The van der Waals surface area contributed by atoms with Crippen molar-refractivity contribution in [2.24, 2.45) is 11.7 Å². The molecule has 1 saturated heterocycles. The zero-order valence-electron chi connectivity index (χ0n) is 12.2. The zero-order valence-corrected chi connectivity index (χ0v) is 12.2. The molecule has 0 atom stereocenters. The molecule has 3 nitrogen and oxygen atoms in total. The Morgan fingerprint density at radius 3 is 2.00 bits per heavy atom. The Labute approximate surface area is 107 Å². The van der Waals surface area contributed by atoms with Gasteiger partial charge in [0.05, 0.1) is 0 Å². The predicted molar refractivity (Wildman–Crippen MR) is 75.2 cm³/mol. The molecule has 102 valence electrons. The lowest BCUT2D eigenvalue weighted by Crippen LogP contribution is -2.57. The van der Waals surface area contributed by atoms with Gasteiger partial charge in [0.25, 0.3) is 0 Å². The highest BCUT2D eigenvalue weighted by molar-refractivity contribution is 4.86. The van der Waals surface area contributed by atoms with Crippen LogP contribution in [-0.2, 0) is 0 Å². The minimum Gasteiger partial charge on any atom is -0.329 e. The minimum atomic E-state index is 0.168. The summed E-state index contributed by atoms with van der Waals surface area (Å²) in [5.41, 5.74) is 6.01. The zero-order chi connectivity index (χ0) is 12.9. The maximum absolute atomic E-state index is 5.84. The molecule has 0 aromatic rings. The van der Waals surface area contributed by atoms with Gasteiger partial charge in [-0.05, 0) is 19.8 Å². The molecule has 1 aliphatic heterocycles. The Kier molecular flexibility index (Phi) is 5.90. The van der Waals surface area contributed by atoms with Gasteiger partial charge >= 0.3 is 0 Å². The van der Waals surface area contributed by atoms with Crippen LogP contribution in [0.1, 0.15) is 40.5 Å². The van der Waals surface area contributed by atoms with Crippen LogP contribution in [-0.4, -0.2) is 54.6 Å². The van der Waals surface area contributed by atoms with E-state index in [-0.39, 0.29) is 5.54 Å². The Morgan fingerprint density at radius 2 is 1.59 bits per heavy atom. The highest BCUT2D eigenvalue weighted by Crippen LogP contribution is 2.17. The first kappa shape index (κ1) is 14.9. The van der Waals surface area contributed by atoms with Crippen molar-refractivity contribution in [2.75, 3.05) is 39.3 Å². The van der Waals surface area contributed by atoms with E-state index in [0.717, 1.165) is 12.5 Å². The molecule has 17 heavy (non-hydrogen) atoms. The van der Waals surface area contributed by atoms with Crippen LogP contribution in [0.4, 0.5) is 0 Å². The maximum atomic E-state index is 5.84. The van der Waals surface area contributed by atoms with Crippen LogP contribution in [0.2, 0.25) is 0 Å². The molecule has 1 aliphatic rings. The van der Waals surface area contributed by atoms with E-state index in [1.54, 1.807) is 0 Å². The fourth-order valence-corrected chi connectivity index (χ4v) is 2.58. The summed E-state index contributed by atoms with van der Waals surface area (Å²) in [4.78, 5) is 5.16. The number of piperazine rings is 1. The second-order valence-corrected chi connectivity index (χ2v) is 5.99. The van der Waals surface area contributed by atoms with E-state index in [1.807, 2.05) is 0 Å². The van der Waals surface area contributed by atoms with Crippen LogP contribution in [0, 0.1) is 5.92 Å². The van der Waals surface area contributed by atoms with Gasteiger partial charge in [-0.2, -0.15) is 0 Å². The van der Waals surface area contributed by atoms with Gasteiger partial charge in [-0.1, -0.05) is 26.7 Å². The monoisotopic (exact) mass is 241 g/mol. The maximum Gasteiger partial charge on any atom is 0.0276 e. The van der Waals surface area contributed by atoms with Crippen molar-refractivity contribution < 1.29 is 0 Å². The summed E-state index contributed by atoms with van der Waals surface area (Å²) in [6, 6.07) is 0. The third-order valence-corrected chi connectivity index (χ3v) is 4.40. The van der Waals surface area contributed by atoms with Gasteiger partial charge in [0, 0.05) is 44.8 Å². The summed E-state index contributed by atoms with van der Waals surface area (Å²) < 4.78 is 0. The molecule has 0 saturated carbocycles. The Bertz CT molecular complexity index is 204. The average Bonchev–Trinajstić information content (AvgIpc) is 2.36. The van der Waals surface area contributed by atoms with Crippen molar-refractivity contribution in [3.8, 4) is 0 Å². The summed E-state index contributed by atoms with van der Waals surface area (Å²) in [5, 5.41) is 0. The lowest BCUT2D eigenvalue weighted by Gasteiger charge is -2.44. The Balaban J connectivity index is 2.35. The lowest BCUT2D eigenvalue weighted by molar-refractivity contribution is 0.0497.